The van der Waals surface area contributed by atoms with Gasteiger partial charge in [-0.3, -0.25) is 4.79 Å². The largest absolute Gasteiger partial charge is 0.478 e. The number of hydrogen-bond acceptors (Lipinski definition) is 3. The van der Waals surface area contributed by atoms with E-state index in [0.717, 1.165) is 44.8 Å². The summed E-state index contributed by atoms with van der Waals surface area (Å²) in [6.07, 6.45) is 5.22. The summed E-state index contributed by atoms with van der Waals surface area (Å²) in [5, 5.41) is 8.95. The average Bonchev–Trinajstić information content (AvgIpc) is 2.55. The SMILES string of the molecule is CN1CCN(C(=O)c2ccc(C(=O)O)cc2F)C2(CCCCC2)C1. The van der Waals surface area contributed by atoms with E-state index in [1.54, 1.807) is 0 Å². The molecule has 1 N–H and O–H groups in total. The molecule has 0 atom stereocenters. The van der Waals surface area contributed by atoms with Crippen LogP contribution in [0.1, 0.15) is 52.8 Å². The number of amides is 1. The minimum Gasteiger partial charge on any atom is -0.478 e. The Labute approximate surface area is 141 Å². The average molecular weight is 334 g/mol. The lowest BCUT2D eigenvalue weighted by atomic mass is 9.78. The van der Waals surface area contributed by atoms with Crippen molar-refractivity contribution < 1.29 is 19.1 Å². The van der Waals surface area contributed by atoms with Crippen LogP contribution in [-0.2, 0) is 0 Å². The second-order valence-electron chi connectivity index (χ2n) is 6.98. The molecule has 1 amide bonds. The van der Waals surface area contributed by atoms with Crippen molar-refractivity contribution in [3.05, 3.63) is 35.1 Å². The highest BCUT2D eigenvalue weighted by Gasteiger charge is 2.44. The Morgan fingerprint density at radius 1 is 1.17 bits per heavy atom. The molecule has 1 aromatic carbocycles. The molecule has 2 fully saturated rings. The highest BCUT2D eigenvalue weighted by atomic mass is 19.1. The number of nitrogens with zero attached hydrogens (tertiary/aromatic N) is 2. The molecular weight excluding hydrogens is 311 g/mol. The van der Waals surface area contributed by atoms with Gasteiger partial charge in [0.15, 0.2) is 0 Å². The van der Waals surface area contributed by atoms with E-state index in [2.05, 4.69) is 11.9 Å². The Morgan fingerprint density at radius 3 is 2.50 bits per heavy atom. The summed E-state index contributed by atoms with van der Waals surface area (Å²) in [5.41, 5.74) is -0.399. The number of likely N-dealkylation sites (N-methyl/N-ethyl adjacent to an activating group) is 1. The molecule has 1 spiro atoms. The number of rotatable bonds is 2. The maximum Gasteiger partial charge on any atom is 0.335 e. The van der Waals surface area contributed by atoms with Crippen LogP contribution in [0.4, 0.5) is 4.39 Å². The molecule has 2 aliphatic rings. The fourth-order valence-electron chi connectivity index (χ4n) is 4.10. The summed E-state index contributed by atoms with van der Waals surface area (Å²) in [6.45, 7) is 2.16. The van der Waals surface area contributed by atoms with Crippen LogP contribution in [0.5, 0.6) is 0 Å². The molecule has 1 aromatic rings. The van der Waals surface area contributed by atoms with Crippen LogP contribution in [0.2, 0.25) is 0 Å². The predicted molar refractivity (Wildman–Crippen MR) is 87.7 cm³/mol. The molecule has 3 rings (SSSR count). The van der Waals surface area contributed by atoms with Crippen molar-refractivity contribution in [3.63, 3.8) is 0 Å². The number of aromatic carboxylic acids is 1. The number of carboxylic acid groups (broad SMARTS) is 1. The fourth-order valence-corrected chi connectivity index (χ4v) is 4.10. The van der Waals surface area contributed by atoms with Gasteiger partial charge in [-0.15, -0.1) is 0 Å². The Morgan fingerprint density at radius 2 is 1.88 bits per heavy atom. The zero-order valence-electron chi connectivity index (χ0n) is 13.9. The van der Waals surface area contributed by atoms with E-state index in [-0.39, 0.29) is 22.6 Å². The Balaban J connectivity index is 1.91. The van der Waals surface area contributed by atoms with E-state index >= 15 is 0 Å². The normalized spacial score (nSPS) is 21.0. The zero-order valence-corrected chi connectivity index (χ0v) is 13.9. The van der Waals surface area contributed by atoms with Crippen LogP contribution >= 0.6 is 0 Å². The van der Waals surface area contributed by atoms with Gasteiger partial charge in [0, 0.05) is 19.6 Å². The van der Waals surface area contributed by atoms with Gasteiger partial charge in [0.1, 0.15) is 5.82 Å². The van der Waals surface area contributed by atoms with Crippen molar-refractivity contribution in [2.45, 2.75) is 37.6 Å². The lowest BCUT2D eigenvalue weighted by Crippen LogP contribution is -2.63. The summed E-state index contributed by atoms with van der Waals surface area (Å²) in [5.74, 6) is -2.28. The third-order valence-electron chi connectivity index (χ3n) is 5.32. The van der Waals surface area contributed by atoms with E-state index < -0.39 is 11.8 Å². The molecule has 1 aliphatic heterocycles. The molecule has 0 bridgehead atoms. The fraction of sp³-hybridized carbons (Fsp3) is 0.556. The second-order valence-corrected chi connectivity index (χ2v) is 6.98. The lowest BCUT2D eigenvalue weighted by Gasteiger charge is -2.52. The van der Waals surface area contributed by atoms with Gasteiger partial charge < -0.3 is 14.9 Å². The molecule has 5 nitrogen and oxygen atoms in total. The summed E-state index contributed by atoms with van der Waals surface area (Å²) in [4.78, 5) is 28.0. The standard InChI is InChI=1S/C18H23FN2O3/c1-20-9-10-21(18(12-20)7-3-2-4-8-18)16(22)14-6-5-13(17(23)24)11-15(14)19/h5-6,11H,2-4,7-10,12H2,1H3,(H,23,24). The summed E-state index contributed by atoms with van der Waals surface area (Å²) in [6, 6.07) is 3.53. The van der Waals surface area contributed by atoms with E-state index in [1.807, 2.05) is 4.90 Å². The molecule has 1 aliphatic carbocycles. The minimum absolute atomic E-state index is 0.0329. The second kappa shape index (κ2) is 6.51. The van der Waals surface area contributed by atoms with Crippen LogP contribution in [-0.4, -0.2) is 59.0 Å². The van der Waals surface area contributed by atoms with Crippen LogP contribution in [0.25, 0.3) is 0 Å². The van der Waals surface area contributed by atoms with E-state index in [9.17, 15) is 14.0 Å². The Bertz CT molecular complexity index is 656. The van der Waals surface area contributed by atoms with Crippen molar-refractivity contribution in [2.75, 3.05) is 26.7 Å². The molecule has 0 aromatic heterocycles. The van der Waals surface area contributed by atoms with Gasteiger partial charge in [-0.25, -0.2) is 9.18 Å². The molecule has 130 valence electrons. The Kier molecular flexibility index (Phi) is 4.58. The predicted octanol–water partition coefficient (Wildman–Crippen LogP) is 2.61. The van der Waals surface area contributed by atoms with Crippen LogP contribution < -0.4 is 0 Å². The number of carboxylic acids is 1. The van der Waals surface area contributed by atoms with Crippen molar-refractivity contribution in [2.24, 2.45) is 0 Å². The molecule has 0 unspecified atom stereocenters. The topological polar surface area (TPSA) is 60.9 Å². The van der Waals surface area contributed by atoms with Gasteiger partial charge in [-0.05, 0) is 38.1 Å². The van der Waals surface area contributed by atoms with E-state index in [1.165, 1.54) is 18.6 Å². The third kappa shape index (κ3) is 3.02. The van der Waals surface area contributed by atoms with Crippen molar-refractivity contribution >= 4 is 11.9 Å². The first-order chi connectivity index (χ1) is 11.4. The van der Waals surface area contributed by atoms with Gasteiger partial charge in [-0.1, -0.05) is 19.3 Å². The maximum absolute atomic E-state index is 14.3. The zero-order chi connectivity index (χ0) is 17.3. The molecular formula is C18H23FN2O3. The summed E-state index contributed by atoms with van der Waals surface area (Å²) < 4.78 is 14.3. The van der Waals surface area contributed by atoms with Gasteiger partial charge in [0.2, 0.25) is 0 Å². The number of benzene rings is 1. The van der Waals surface area contributed by atoms with E-state index in [4.69, 9.17) is 5.11 Å². The molecule has 1 heterocycles. The van der Waals surface area contributed by atoms with Crippen LogP contribution in [0, 0.1) is 5.82 Å². The lowest BCUT2D eigenvalue weighted by molar-refractivity contribution is -0.00807. The molecule has 24 heavy (non-hydrogen) atoms. The highest BCUT2D eigenvalue weighted by molar-refractivity contribution is 5.96. The quantitative estimate of drug-likeness (QED) is 0.903. The highest BCUT2D eigenvalue weighted by Crippen LogP contribution is 2.37. The number of carbonyl (C=O) groups is 2. The summed E-state index contributed by atoms with van der Waals surface area (Å²) >= 11 is 0. The third-order valence-corrected chi connectivity index (χ3v) is 5.32. The first-order valence-electron chi connectivity index (χ1n) is 8.46. The van der Waals surface area contributed by atoms with Crippen molar-refractivity contribution in [1.29, 1.82) is 0 Å². The van der Waals surface area contributed by atoms with Gasteiger partial charge >= 0.3 is 5.97 Å². The van der Waals surface area contributed by atoms with Gasteiger partial charge in [-0.2, -0.15) is 0 Å². The molecule has 1 saturated heterocycles. The Hall–Kier alpha value is -1.95. The monoisotopic (exact) mass is 334 g/mol. The van der Waals surface area contributed by atoms with E-state index in [0.29, 0.717) is 6.54 Å². The first kappa shape index (κ1) is 16.9. The number of halogens is 1. The smallest absolute Gasteiger partial charge is 0.335 e. The van der Waals surface area contributed by atoms with Gasteiger partial charge in [0.05, 0.1) is 16.7 Å². The maximum atomic E-state index is 14.3. The summed E-state index contributed by atoms with van der Waals surface area (Å²) in [7, 11) is 2.06. The first-order valence-corrected chi connectivity index (χ1v) is 8.46. The minimum atomic E-state index is -1.20. The number of piperazine rings is 1. The van der Waals surface area contributed by atoms with Crippen LogP contribution in [0.15, 0.2) is 18.2 Å². The molecule has 0 radical (unpaired) electrons. The van der Waals surface area contributed by atoms with Crippen LogP contribution in [0.3, 0.4) is 0 Å². The number of hydrogen-bond donors (Lipinski definition) is 1. The number of carbonyl (C=O) groups excluding carboxylic acids is 1. The van der Waals surface area contributed by atoms with Gasteiger partial charge in [0.25, 0.3) is 5.91 Å². The molecule has 1 saturated carbocycles. The molecule has 6 heteroatoms. The van der Waals surface area contributed by atoms with Crippen molar-refractivity contribution in [1.82, 2.24) is 9.80 Å². The van der Waals surface area contributed by atoms with Crippen molar-refractivity contribution in [3.8, 4) is 0 Å².